The molecule has 0 aromatic heterocycles. The minimum absolute atomic E-state index is 0.139. The zero-order valence-electron chi connectivity index (χ0n) is 4.00. The molecule has 0 aromatic rings. The third-order valence-electron chi connectivity index (χ3n) is 0.264. The maximum absolute atomic E-state index is 8.11. The average molecular weight is 129 g/mol. The van der Waals surface area contributed by atoms with Crippen molar-refractivity contribution in [3.8, 4) is 0 Å². The third-order valence-corrected chi connectivity index (χ3v) is 0.264. The second-order valence-corrected chi connectivity index (χ2v) is 1.03. The first-order valence-corrected chi connectivity index (χ1v) is 2.07. The molecule has 0 aliphatic rings. The van der Waals surface area contributed by atoms with E-state index in [1.165, 1.54) is 6.92 Å². The van der Waals surface area contributed by atoms with Gasteiger partial charge in [-0.25, -0.2) is 0 Å². The van der Waals surface area contributed by atoms with Crippen LogP contribution in [0.4, 0.5) is 0 Å². The van der Waals surface area contributed by atoms with Crippen molar-refractivity contribution in [3.63, 3.8) is 0 Å². The summed E-state index contributed by atoms with van der Waals surface area (Å²) in [6.07, 6.45) is -0.560. The third kappa shape index (κ3) is 22.8. The van der Waals surface area contributed by atoms with Crippen LogP contribution >= 0.6 is 11.9 Å². The van der Waals surface area contributed by atoms with Crippen molar-refractivity contribution in [3.05, 3.63) is 0 Å². The highest BCUT2D eigenvalue weighted by Gasteiger charge is 1.83. The maximum atomic E-state index is 8.11. The predicted molar refractivity (Wildman–Crippen MR) is 26.8 cm³/mol. The van der Waals surface area contributed by atoms with Crippen molar-refractivity contribution in [2.75, 3.05) is 6.61 Å². The average Bonchev–Trinajstić information content (AvgIpc) is 1.73. The van der Waals surface area contributed by atoms with Crippen LogP contribution in [0.2, 0.25) is 0 Å². The van der Waals surface area contributed by atoms with E-state index in [9.17, 15) is 0 Å². The molecule has 46 valence electrons. The van der Waals surface area contributed by atoms with E-state index in [0.717, 1.165) is 0 Å². The standard InChI is InChI=1S/C3H8O2.ClHO/c1-3(5)2-4;1-2/h3-5H,2H2,1H3;2H. The molecule has 0 aliphatic heterocycles. The summed E-state index contributed by atoms with van der Waals surface area (Å²) in [4.78, 5) is 0. The van der Waals surface area contributed by atoms with Crippen LogP contribution in [0.15, 0.2) is 0 Å². The highest BCUT2D eigenvalue weighted by atomic mass is 35.5. The van der Waals surface area contributed by atoms with Crippen LogP contribution in [0.1, 0.15) is 6.92 Å². The highest BCUT2D eigenvalue weighted by molar-refractivity contribution is 6.04. The highest BCUT2D eigenvalue weighted by Crippen LogP contribution is 1.68. The van der Waals surface area contributed by atoms with Crippen LogP contribution in [0.5, 0.6) is 0 Å². The summed E-state index contributed by atoms with van der Waals surface area (Å²) in [5.41, 5.74) is 0. The Morgan fingerprint density at radius 2 is 1.71 bits per heavy atom. The number of hydrogen-bond acceptors (Lipinski definition) is 3. The van der Waals surface area contributed by atoms with Gasteiger partial charge in [-0.1, -0.05) is 0 Å². The van der Waals surface area contributed by atoms with Crippen LogP contribution in [0.25, 0.3) is 0 Å². The van der Waals surface area contributed by atoms with Crippen molar-refractivity contribution in [2.45, 2.75) is 13.0 Å². The van der Waals surface area contributed by atoms with E-state index in [-0.39, 0.29) is 6.61 Å². The molecule has 1 unspecified atom stereocenters. The molecule has 0 amide bonds. The van der Waals surface area contributed by atoms with Gasteiger partial charge < -0.3 is 10.2 Å². The summed E-state index contributed by atoms with van der Waals surface area (Å²) in [6, 6.07) is 0. The zero-order chi connectivity index (χ0) is 6.28. The van der Waals surface area contributed by atoms with E-state index >= 15 is 0 Å². The van der Waals surface area contributed by atoms with Gasteiger partial charge >= 0.3 is 0 Å². The smallest absolute Gasteiger partial charge is 0.0742 e. The summed E-state index contributed by atoms with van der Waals surface area (Å²) in [6.45, 7) is 1.39. The Morgan fingerprint density at radius 3 is 1.71 bits per heavy atom. The number of rotatable bonds is 1. The Labute approximate surface area is 47.3 Å². The van der Waals surface area contributed by atoms with Crippen molar-refractivity contribution in [2.24, 2.45) is 0 Å². The molecule has 0 saturated carbocycles. The molecule has 0 rings (SSSR count). The van der Waals surface area contributed by atoms with Crippen LogP contribution in [0.3, 0.4) is 0 Å². The lowest BCUT2D eigenvalue weighted by molar-refractivity contribution is 0.110. The predicted octanol–water partition coefficient (Wildman–Crippen LogP) is -0.508. The molecular weight excluding hydrogens is 119 g/mol. The van der Waals surface area contributed by atoms with Crippen LogP contribution in [-0.2, 0) is 0 Å². The molecule has 0 aliphatic carbocycles. The number of aliphatic hydroxyl groups is 2. The molecule has 0 saturated heterocycles. The topological polar surface area (TPSA) is 60.7 Å². The van der Waals surface area contributed by atoms with Crippen molar-refractivity contribution in [1.29, 1.82) is 0 Å². The quantitative estimate of drug-likeness (QED) is 0.446. The van der Waals surface area contributed by atoms with Gasteiger partial charge in [0.05, 0.1) is 24.6 Å². The Balaban J connectivity index is 0. The molecule has 0 bridgehead atoms. The lowest BCUT2D eigenvalue weighted by Gasteiger charge is -1.90. The van der Waals surface area contributed by atoms with Gasteiger partial charge in [-0.2, -0.15) is 0 Å². The van der Waals surface area contributed by atoms with Crippen molar-refractivity contribution < 1.29 is 14.9 Å². The van der Waals surface area contributed by atoms with Crippen LogP contribution in [-0.4, -0.2) is 27.6 Å². The van der Waals surface area contributed by atoms with Crippen molar-refractivity contribution in [1.82, 2.24) is 0 Å². The molecule has 7 heavy (non-hydrogen) atoms. The Morgan fingerprint density at radius 1 is 1.57 bits per heavy atom. The van der Waals surface area contributed by atoms with E-state index < -0.39 is 6.10 Å². The van der Waals surface area contributed by atoms with E-state index in [1.807, 2.05) is 0 Å². The van der Waals surface area contributed by atoms with Crippen LogP contribution in [0, 0.1) is 0 Å². The molecular formula is C3H9ClO3. The Bertz CT molecular complexity index is 24.1. The summed E-state index contributed by atoms with van der Waals surface area (Å²) in [5.74, 6) is 0. The van der Waals surface area contributed by atoms with Crippen molar-refractivity contribution >= 4 is 11.9 Å². The molecule has 0 spiro atoms. The van der Waals surface area contributed by atoms with Crippen LogP contribution < -0.4 is 0 Å². The second kappa shape index (κ2) is 9.48. The largest absolute Gasteiger partial charge is 0.394 e. The fourth-order valence-corrected chi connectivity index (χ4v) is 0. The van der Waals surface area contributed by atoms with Gasteiger partial charge in [-0.15, -0.1) is 0 Å². The van der Waals surface area contributed by atoms with Gasteiger partial charge in [0.2, 0.25) is 0 Å². The fraction of sp³-hybridized carbons (Fsp3) is 1.00. The first-order valence-electron chi connectivity index (χ1n) is 1.73. The first-order chi connectivity index (χ1) is 3.27. The molecule has 0 fully saturated rings. The summed E-state index contributed by atoms with van der Waals surface area (Å²) in [5, 5.41) is 16.0. The lowest BCUT2D eigenvalue weighted by atomic mass is 10.5. The molecule has 4 heteroatoms. The molecule has 0 aromatic carbocycles. The minimum Gasteiger partial charge on any atom is -0.394 e. The molecule has 3 nitrogen and oxygen atoms in total. The Kier molecular flexibility index (Phi) is 13.8. The zero-order valence-corrected chi connectivity index (χ0v) is 4.76. The van der Waals surface area contributed by atoms with E-state index in [4.69, 9.17) is 14.9 Å². The van der Waals surface area contributed by atoms with E-state index in [2.05, 4.69) is 11.9 Å². The molecule has 0 radical (unpaired) electrons. The summed E-state index contributed by atoms with van der Waals surface area (Å²) in [7, 11) is 0. The van der Waals surface area contributed by atoms with Gasteiger partial charge in [-0.3, -0.25) is 4.66 Å². The SMILES string of the molecule is CC(O)CO.OCl. The number of hydrogen-bond donors (Lipinski definition) is 3. The summed E-state index contributed by atoms with van der Waals surface area (Å²) >= 11 is 3.64. The molecule has 3 N–H and O–H groups in total. The summed E-state index contributed by atoms with van der Waals surface area (Å²) < 4.78 is 6.47. The lowest BCUT2D eigenvalue weighted by Crippen LogP contribution is -2.03. The fourth-order valence-electron chi connectivity index (χ4n) is 0. The monoisotopic (exact) mass is 128 g/mol. The van der Waals surface area contributed by atoms with Gasteiger partial charge in [0.15, 0.2) is 0 Å². The van der Waals surface area contributed by atoms with Gasteiger partial charge in [0.25, 0.3) is 0 Å². The minimum atomic E-state index is -0.560. The van der Waals surface area contributed by atoms with E-state index in [1.54, 1.807) is 0 Å². The normalized spacial score (nSPS) is 11.6. The number of aliphatic hydroxyl groups excluding tert-OH is 2. The van der Waals surface area contributed by atoms with Gasteiger partial charge in [0, 0.05) is 0 Å². The van der Waals surface area contributed by atoms with Gasteiger partial charge in [-0.05, 0) is 6.92 Å². The molecule has 1 atom stereocenters. The van der Waals surface area contributed by atoms with E-state index in [0.29, 0.717) is 0 Å². The number of halogens is 1. The first kappa shape index (κ1) is 10.2. The Hall–Kier alpha value is 0.170. The van der Waals surface area contributed by atoms with Gasteiger partial charge in [0.1, 0.15) is 0 Å². The second-order valence-electron chi connectivity index (χ2n) is 1.03. The maximum Gasteiger partial charge on any atom is 0.0742 e. The molecule has 0 heterocycles.